The van der Waals surface area contributed by atoms with E-state index in [0.717, 1.165) is 12.8 Å². The minimum Gasteiger partial charge on any atom is -0.391 e. The van der Waals surface area contributed by atoms with Crippen molar-refractivity contribution in [1.29, 1.82) is 0 Å². The molecular weight excluding hydrogens is 1100 g/mol. The van der Waals surface area contributed by atoms with Crippen LogP contribution >= 0.6 is 0 Å². The number of rotatable bonds is 29. The number of hydrogen-bond donors (Lipinski definition) is 17. The second-order valence-electron chi connectivity index (χ2n) is 22.6. The van der Waals surface area contributed by atoms with Gasteiger partial charge in [0.25, 0.3) is 0 Å². The molecular formula is C57H99N15O13. The maximum Gasteiger partial charge on any atom is 0.245 e. The second-order valence-corrected chi connectivity index (χ2v) is 22.6. The summed E-state index contributed by atoms with van der Waals surface area (Å²) in [6.07, 6.45) is -2.03. The standard InChI is InChI=1S/C57H99N15O13/c1-32(2)13-10-11-17-46(76)64-40(20-26-61)53(81)72-48(35(6)74)57(85)68-39(16-12-23-58)50(78)67-42-22-28-63-56(84)47(34(5)73)71-49(77)37(18-24-59)31-45(75)38(19-25-60)65-54(82)43(29-33(3)4)69-55(83)44(30-36-14-8-7-9-15-36)70-51(79)41(21-27-62)66-52(42)80/h7-9,14-15,32-35,37-44,47-48,73-74H,10-13,16-31,58-62H2,1-6H3,(H,63,84)(H,64,76)(H,65,82)(H,66,80)(H,67,78)(H,68,85)(H,69,83)(H,70,79)(H,71,77)(H,72,81)/t34-,35-,37-,38+,39+,40+,41-,42+,43+,44+,47+,48+/m1/s1. The highest BCUT2D eigenvalue weighted by Gasteiger charge is 2.38. The van der Waals surface area contributed by atoms with Crippen LogP contribution < -0.4 is 81.8 Å². The largest absolute Gasteiger partial charge is 0.391 e. The van der Waals surface area contributed by atoms with Gasteiger partial charge < -0.3 is 92.0 Å². The lowest BCUT2D eigenvalue weighted by atomic mass is 9.92. The Hall–Kier alpha value is -6.69. The van der Waals surface area contributed by atoms with E-state index in [2.05, 4.69) is 67.0 Å². The summed E-state index contributed by atoms with van der Waals surface area (Å²) in [5.74, 6) is -10.1. The van der Waals surface area contributed by atoms with Crippen LogP contribution in [-0.4, -0.2) is 181 Å². The van der Waals surface area contributed by atoms with Gasteiger partial charge in [0.05, 0.1) is 18.2 Å². The number of nitrogens with one attached hydrogen (secondary N) is 10. The van der Waals surface area contributed by atoms with Crippen LogP contribution in [0.5, 0.6) is 0 Å². The molecule has 22 N–H and O–H groups in total. The van der Waals surface area contributed by atoms with Crippen LogP contribution in [0.3, 0.4) is 0 Å². The van der Waals surface area contributed by atoms with E-state index in [1.807, 2.05) is 0 Å². The molecule has 28 nitrogen and oxygen atoms in total. The van der Waals surface area contributed by atoms with Crippen LogP contribution in [0.4, 0.5) is 0 Å². The summed E-state index contributed by atoms with van der Waals surface area (Å²) >= 11 is 0. The molecule has 85 heavy (non-hydrogen) atoms. The van der Waals surface area contributed by atoms with Crippen molar-refractivity contribution in [2.24, 2.45) is 46.4 Å². The van der Waals surface area contributed by atoms with Crippen LogP contribution in [0, 0.1) is 17.8 Å². The van der Waals surface area contributed by atoms with Gasteiger partial charge in [-0.3, -0.25) is 52.7 Å². The van der Waals surface area contributed by atoms with Gasteiger partial charge in [0.15, 0.2) is 5.78 Å². The summed E-state index contributed by atoms with van der Waals surface area (Å²) < 4.78 is 0. The molecule has 2 rings (SSSR count). The zero-order valence-corrected chi connectivity index (χ0v) is 50.4. The van der Waals surface area contributed by atoms with E-state index in [-0.39, 0.29) is 96.4 Å². The van der Waals surface area contributed by atoms with E-state index >= 15 is 0 Å². The number of nitrogens with two attached hydrogens (primary N) is 5. The number of benzene rings is 1. The number of aliphatic hydroxyl groups is 2. The quantitative estimate of drug-likeness (QED) is 0.0339. The van der Waals surface area contributed by atoms with Gasteiger partial charge in [0, 0.05) is 31.7 Å². The molecule has 12 atom stereocenters. The highest BCUT2D eigenvalue weighted by Crippen LogP contribution is 2.16. The van der Waals surface area contributed by atoms with Crippen LogP contribution in [-0.2, 0) is 59.2 Å². The molecule has 1 aliphatic rings. The van der Waals surface area contributed by atoms with Crippen LogP contribution in [0.2, 0.25) is 0 Å². The number of Topliss-reactive ketones (excluding diaryl/α,β-unsaturated/α-hetero) is 1. The minimum absolute atomic E-state index is 0.0123. The number of hydrogen-bond acceptors (Lipinski definition) is 18. The van der Waals surface area contributed by atoms with E-state index in [1.54, 1.807) is 44.2 Å². The summed E-state index contributed by atoms with van der Waals surface area (Å²) in [7, 11) is 0. The Morgan fingerprint density at radius 1 is 0.565 bits per heavy atom. The molecule has 10 amide bonds. The molecule has 1 aliphatic heterocycles. The number of carbonyl (C=O) groups excluding carboxylic acids is 11. The predicted molar refractivity (Wildman–Crippen MR) is 317 cm³/mol. The summed E-state index contributed by atoms with van der Waals surface area (Å²) in [6, 6.07) is -4.47. The van der Waals surface area contributed by atoms with E-state index in [1.165, 1.54) is 13.8 Å². The molecule has 0 unspecified atom stereocenters. The zero-order valence-electron chi connectivity index (χ0n) is 50.4. The first-order valence-electron chi connectivity index (χ1n) is 29.7. The fraction of sp³-hybridized carbons (Fsp3) is 0.702. The number of ketones is 1. The Balaban J connectivity index is 2.71. The maximum absolute atomic E-state index is 14.6. The Labute approximate surface area is 499 Å². The van der Waals surface area contributed by atoms with E-state index in [9.17, 15) is 63.0 Å². The van der Waals surface area contributed by atoms with Crippen LogP contribution in [0.25, 0.3) is 0 Å². The normalized spacial score (nSPS) is 22.7. The summed E-state index contributed by atoms with van der Waals surface area (Å²) in [5, 5.41) is 47.5. The number of carbonyl (C=O) groups is 11. The minimum atomic E-state index is -1.69. The van der Waals surface area contributed by atoms with Gasteiger partial charge in [0.1, 0.15) is 48.3 Å². The molecule has 28 heteroatoms. The molecule has 1 aromatic carbocycles. The van der Waals surface area contributed by atoms with Crippen LogP contribution in [0.15, 0.2) is 30.3 Å². The Bertz CT molecular complexity index is 2310. The first kappa shape index (κ1) is 74.4. The fourth-order valence-electron chi connectivity index (χ4n) is 9.40. The van der Waals surface area contributed by atoms with Gasteiger partial charge in [-0.05, 0) is 122 Å². The lowest BCUT2D eigenvalue weighted by Crippen LogP contribution is -2.62. The molecule has 1 fully saturated rings. The third kappa shape index (κ3) is 27.5. The molecule has 0 spiro atoms. The van der Waals surface area contributed by atoms with E-state index in [0.29, 0.717) is 17.9 Å². The smallest absolute Gasteiger partial charge is 0.245 e. The molecule has 480 valence electrons. The third-order valence-corrected chi connectivity index (χ3v) is 14.2. The molecule has 0 bridgehead atoms. The zero-order chi connectivity index (χ0) is 63.8. The molecule has 1 heterocycles. The molecule has 0 saturated carbocycles. The molecule has 0 aliphatic carbocycles. The van der Waals surface area contributed by atoms with Gasteiger partial charge in [-0.1, -0.05) is 70.9 Å². The summed E-state index contributed by atoms with van der Waals surface area (Å²) in [5.41, 5.74) is 30.0. The Morgan fingerprint density at radius 3 is 1.74 bits per heavy atom. The molecule has 1 aromatic rings. The van der Waals surface area contributed by atoms with Crippen molar-refractivity contribution < 1.29 is 63.0 Å². The topological polar surface area (TPSA) is 479 Å². The highest BCUT2D eigenvalue weighted by molar-refractivity contribution is 5.99. The van der Waals surface area contributed by atoms with Crippen molar-refractivity contribution in [3.05, 3.63) is 35.9 Å². The van der Waals surface area contributed by atoms with E-state index < -0.39 is 157 Å². The number of aliphatic hydroxyl groups excluding tert-OH is 2. The average molecular weight is 1200 g/mol. The summed E-state index contributed by atoms with van der Waals surface area (Å²) in [6.45, 7) is 9.38. The Kier molecular flexibility index (Phi) is 34.9. The van der Waals surface area contributed by atoms with Crippen molar-refractivity contribution in [1.82, 2.24) is 53.2 Å². The van der Waals surface area contributed by atoms with Crippen molar-refractivity contribution in [2.75, 3.05) is 39.3 Å². The summed E-state index contributed by atoms with van der Waals surface area (Å²) in [4.78, 5) is 154. The third-order valence-electron chi connectivity index (χ3n) is 14.2. The van der Waals surface area contributed by atoms with Crippen LogP contribution in [0.1, 0.15) is 131 Å². The molecule has 0 radical (unpaired) electrons. The fourth-order valence-corrected chi connectivity index (χ4v) is 9.40. The monoisotopic (exact) mass is 1200 g/mol. The van der Waals surface area contributed by atoms with Gasteiger partial charge in [-0.25, -0.2) is 0 Å². The first-order valence-corrected chi connectivity index (χ1v) is 29.7. The predicted octanol–water partition coefficient (Wildman–Crippen LogP) is -4.15. The van der Waals surface area contributed by atoms with Crippen molar-refractivity contribution >= 4 is 64.9 Å². The number of amides is 10. The molecule has 1 saturated heterocycles. The highest BCUT2D eigenvalue weighted by atomic mass is 16.3. The van der Waals surface area contributed by atoms with E-state index in [4.69, 9.17) is 28.7 Å². The van der Waals surface area contributed by atoms with Crippen molar-refractivity contribution in [2.45, 2.75) is 198 Å². The van der Waals surface area contributed by atoms with Gasteiger partial charge >= 0.3 is 0 Å². The lowest BCUT2D eigenvalue weighted by Gasteiger charge is -2.29. The van der Waals surface area contributed by atoms with Gasteiger partial charge in [0.2, 0.25) is 59.1 Å². The van der Waals surface area contributed by atoms with Crippen molar-refractivity contribution in [3.63, 3.8) is 0 Å². The Morgan fingerprint density at radius 2 is 1.15 bits per heavy atom. The SMILES string of the molecule is CC(C)CCCCC(=O)N[C@@H](CCN)C(=O)N[C@H](C(=O)N[C@@H](CCCN)C(=O)N[C@H]1CCNC(=O)[C@H]([C@@H](C)O)NC(=O)[C@H](CCN)CC(=O)[C@H](CCN)NC(=O)[C@H](CC(C)C)NC(=O)[C@H](Cc2ccccc2)NC(=O)[C@@H](CCN)NC1=O)[C@@H](C)O. The molecule has 0 aromatic heterocycles. The van der Waals surface area contributed by atoms with Gasteiger partial charge in [-0.2, -0.15) is 0 Å². The van der Waals surface area contributed by atoms with Gasteiger partial charge in [-0.15, -0.1) is 0 Å². The number of unbranched alkanes of at least 4 members (excludes halogenated alkanes) is 1. The first-order chi connectivity index (χ1) is 40.3. The lowest BCUT2D eigenvalue weighted by molar-refractivity contribution is -0.137. The average Bonchev–Trinajstić information content (AvgIpc) is 3.60. The maximum atomic E-state index is 14.6. The second kappa shape index (κ2) is 39.8. The van der Waals surface area contributed by atoms with Crippen molar-refractivity contribution in [3.8, 4) is 0 Å².